The molecule has 0 unspecified atom stereocenters. The number of likely N-dealkylation sites (N-methyl/N-ethyl adjacent to an activating group) is 1. The van der Waals surface area contributed by atoms with Gasteiger partial charge in [-0.2, -0.15) is 13.2 Å². The Morgan fingerprint density at radius 3 is 2.63 bits per heavy atom. The zero-order chi connectivity index (χ0) is 25.2. The summed E-state index contributed by atoms with van der Waals surface area (Å²) in [5, 5.41) is 14.1. The minimum atomic E-state index is -4.51. The van der Waals surface area contributed by atoms with Crippen molar-refractivity contribution < 1.29 is 27.8 Å². The van der Waals surface area contributed by atoms with Crippen molar-refractivity contribution in [2.75, 3.05) is 7.05 Å². The summed E-state index contributed by atoms with van der Waals surface area (Å²) in [6, 6.07) is 13.1. The topological polar surface area (TPSA) is 79.6 Å². The third-order valence-corrected chi connectivity index (χ3v) is 6.12. The largest absolute Gasteiger partial charge is 0.488 e. The smallest absolute Gasteiger partial charge is 0.416 e. The molecule has 35 heavy (non-hydrogen) atoms. The highest BCUT2D eigenvalue weighted by molar-refractivity contribution is 5.92. The van der Waals surface area contributed by atoms with Crippen LogP contribution in [0.15, 0.2) is 67.1 Å². The van der Waals surface area contributed by atoms with Crippen LogP contribution in [-0.2, 0) is 19.8 Å². The van der Waals surface area contributed by atoms with E-state index in [1.54, 1.807) is 17.8 Å². The predicted molar refractivity (Wildman–Crippen MR) is 123 cm³/mol. The number of hydrogen-bond donors (Lipinski definition) is 2. The molecule has 1 fully saturated rings. The molecule has 1 heterocycles. The fourth-order valence-electron chi connectivity index (χ4n) is 4.49. The lowest BCUT2D eigenvalue weighted by molar-refractivity contribution is -0.137. The molecular weight excluding hydrogens is 461 g/mol. The number of aryl methyl sites for hydroxylation is 1. The van der Waals surface area contributed by atoms with Gasteiger partial charge >= 0.3 is 6.18 Å². The second-order valence-corrected chi connectivity index (χ2v) is 8.80. The molecule has 10 heteroatoms. The van der Waals surface area contributed by atoms with Crippen molar-refractivity contribution >= 4 is 5.91 Å². The normalized spacial score (nSPS) is 22.4. The van der Waals surface area contributed by atoms with Crippen LogP contribution in [0, 0.1) is 0 Å². The molecule has 4 atom stereocenters. The fourth-order valence-corrected chi connectivity index (χ4v) is 4.49. The Bertz CT molecular complexity index is 1150. The second-order valence-electron chi connectivity index (χ2n) is 8.80. The van der Waals surface area contributed by atoms with Gasteiger partial charge in [0.1, 0.15) is 23.7 Å². The van der Waals surface area contributed by atoms with E-state index >= 15 is 0 Å². The number of aliphatic hydroxyl groups excluding tert-OH is 1. The van der Waals surface area contributed by atoms with Crippen LogP contribution in [0.2, 0.25) is 0 Å². The van der Waals surface area contributed by atoms with Gasteiger partial charge in [0.05, 0.1) is 24.0 Å². The quantitative estimate of drug-likeness (QED) is 0.534. The molecule has 7 nitrogen and oxygen atoms in total. The monoisotopic (exact) mass is 488 g/mol. The van der Waals surface area contributed by atoms with Crippen molar-refractivity contribution in [3.63, 3.8) is 0 Å². The van der Waals surface area contributed by atoms with Crippen LogP contribution in [0.4, 0.5) is 13.2 Å². The summed E-state index contributed by atoms with van der Waals surface area (Å²) < 4.78 is 46.9. The average Bonchev–Trinajstić information content (AvgIpc) is 3.37. The predicted octanol–water partition coefficient (Wildman–Crippen LogP) is 3.25. The standard InChI is InChI=1S/C25H27F3N4O3/c1-31-14-20(29-15-31)24(34)30-19-12-21(35-18-10-6-9-17(11-18)25(26,27)28)23(33)22(19)32(2)13-16-7-4-3-5-8-16/h3-11,14-15,19,21-23,33H,12-13H2,1-2H3,(H,30,34)/t19-,21-,22+,23+/m1/s1. The first kappa shape index (κ1) is 24.7. The maximum Gasteiger partial charge on any atom is 0.416 e. The van der Waals surface area contributed by atoms with E-state index in [0.29, 0.717) is 6.54 Å². The van der Waals surface area contributed by atoms with Crippen LogP contribution >= 0.6 is 0 Å². The molecule has 0 radical (unpaired) electrons. The number of aromatic nitrogens is 2. The SMILES string of the molecule is CN(Cc1ccccc1)[C@@H]1[C@@H](O)[C@H](Oc2cccc(C(F)(F)F)c2)C[C@H]1NC(=O)c1cn(C)cn1. The molecule has 2 N–H and O–H groups in total. The molecule has 0 saturated heterocycles. The van der Waals surface area contributed by atoms with Gasteiger partial charge in [-0.15, -0.1) is 0 Å². The Kier molecular flexibility index (Phi) is 7.13. The first-order valence-corrected chi connectivity index (χ1v) is 11.2. The number of nitrogens with one attached hydrogen (secondary N) is 1. The molecule has 2 aromatic carbocycles. The number of halogens is 3. The Morgan fingerprint density at radius 1 is 1.23 bits per heavy atom. The van der Waals surface area contributed by atoms with Crippen LogP contribution in [-0.4, -0.2) is 56.8 Å². The lowest BCUT2D eigenvalue weighted by atomic mass is 10.1. The molecule has 1 aliphatic rings. The van der Waals surface area contributed by atoms with Gasteiger partial charge in [-0.05, 0) is 30.8 Å². The van der Waals surface area contributed by atoms with Gasteiger partial charge < -0.3 is 19.7 Å². The third-order valence-electron chi connectivity index (χ3n) is 6.12. The van der Waals surface area contributed by atoms with Crippen molar-refractivity contribution in [1.82, 2.24) is 19.8 Å². The van der Waals surface area contributed by atoms with Crippen molar-refractivity contribution in [3.8, 4) is 5.75 Å². The molecule has 0 aliphatic heterocycles. The first-order chi connectivity index (χ1) is 16.6. The zero-order valence-corrected chi connectivity index (χ0v) is 19.3. The van der Waals surface area contributed by atoms with Gasteiger partial charge in [-0.1, -0.05) is 36.4 Å². The van der Waals surface area contributed by atoms with Crippen molar-refractivity contribution in [1.29, 1.82) is 0 Å². The van der Waals surface area contributed by atoms with Crippen LogP contribution in [0.5, 0.6) is 5.75 Å². The van der Waals surface area contributed by atoms with E-state index in [4.69, 9.17) is 4.74 Å². The summed E-state index contributed by atoms with van der Waals surface area (Å²) >= 11 is 0. The van der Waals surface area contributed by atoms with E-state index < -0.39 is 41.9 Å². The summed E-state index contributed by atoms with van der Waals surface area (Å²) in [7, 11) is 3.58. The van der Waals surface area contributed by atoms with E-state index in [2.05, 4.69) is 10.3 Å². The number of hydrogen-bond acceptors (Lipinski definition) is 5. The van der Waals surface area contributed by atoms with Gasteiger partial charge in [0.2, 0.25) is 0 Å². The lowest BCUT2D eigenvalue weighted by Crippen LogP contribution is -2.51. The number of carbonyl (C=O) groups excluding carboxylic acids is 1. The molecule has 3 aromatic rings. The van der Waals surface area contributed by atoms with Crippen LogP contribution in [0.1, 0.15) is 28.0 Å². The molecule has 0 bridgehead atoms. The second kappa shape index (κ2) is 10.1. The Hall–Kier alpha value is -3.37. The van der Waals surface area contributed by atoms with Gasteiger partial charge in [-0.3, -0.25) is 9.69 Å². The Morgan fingerprint density at radius 2 is 1.97 bits per heavy atom. The molecule has 4 rings (SSSR count). The third kappa shape index (κ3) is 5.83. The van der Waals surface area contributed by atoms with Crippen molar-refractivity contribution in [2.45, 2.75) is 43.4 Å². The number of aliphatic hydroxyl groups is 1. The van der Waals surface area contributed by atoms with Gasteiger partial charge in [0, 0.05) is 26.2 Å². The number of alkyl halides is 3. The summed E-state index contributed by atoms with van der Waals surface area (Å²) in [5.41, 5.74) is 0.410. The summed E-state index contributed by atoms with van der Waals surface area (Å²) in [6.45, 7) is 0.495. The fraction of sp³-hybridized carbons (Fsp3) is 0.360. The van der Waals surface area contributed by atoms with E-state index in [0.717, 1.165) is 17.7 Å². The van der Waals surface area contributed by atoms with E-state index in [-0.39, 0.29) is 17.9 Å². The molecule has 1 aromatic heterocycles. The highest BCUT2D eigenvalue weighted by Crippen LogP contribution is 2.34. The number of imidazole rings is 1. The molecule has 186 valence electrons. The van der Waals surface area contributed by atoms with Crippen molar-refractivity contribution in [3.05, 3.63) is 83.9 Å². The number of rotatable bonds is 7. The molecular formula is C25H27F3N4O3. The van der Waals surface area contributed by atoms with E-state index in [1.165, 1.54) is 18.5 Å². The number of nitrogens with zero attached hydrogens (tertiary/aromatic N) is 3. The van der Waals surface area contributed by atoms with Crippen LogP contribution in [0.25, 0.3) is 0 Å². The van der Waals surface area contributed by atoms with Crippen LogP contribution in [0.3, 0.4) is 0 Å². The summed E-state index contributed by atoms with van der Waals surface area (Å²) in [6.07, 6.45) is -3.09. The van der Waals surface area contributed by atoms with Gasteiger partial charge in [-0.25, -0.2) is 4.98 Å². The van der Waals surface area contributed by atoms with Gasteiger partial charge in [0.25, 0.3) is 5.91 Å². The Balaban J connectivity index is 1.55. The summed E-state index contributed by atoms with van der Waals surface area (Å²) in [5.74, 6) is -0.398. The average molecular weight is 489 g/mol. The Labute approximate surface area is 201 Å². The number of ether oxygens (including phenoxy) is 1. The minimum Gasteiger partial charge on any atom is -0.488 e. The number of amides is 1. The maximum atomic E-state index is 13.1. The molecule has 1 amide bonds. The first-order valence-electron chi connectivity index (χ1n) is 11.2. The van der Waals surface area contributed by atoms with E-state index in [9.17, 15) is 23.1 Å². The van der Waals surface area contributed by atoms with Gasteiger partial charge in [0.15, 0.2) is 0 Å². The molecule has 0 spiro atoms. The van der Waals surface area contributed by atoms with Crippen molar-refractivity contribution in [2.24, 2.45) is 7.05 Å². The highest BCUT2D eigenvalue weighted by Gasteiger charge is 2.47. The van der Waals surface area contributed by atoms with E-state index in [1.807, 2.05) is 42.3 Å². The van der Waals surface area contributed by atoms with Crippen LogP contribution < -0.4 is 10.1 Å². The highest BCUT2D eigenvalue weighted by atomic mass is 19.4. The number of carbonyl (C=O) groups is 1. The lowest BCUT2D eigenvalue weighted by Gasteiger charge is -2.32. The molecule has 1 aliphatic carbocycles. The molecule has 1 saturated carbocycles. The summed E-state index contributed by atoms with van der Waals surface area (Å²) in [4.78, 5) is 18.8. The zero-order valence-electron chi connectivity index (χ0n) is 19.3. The maximum absolute atomic E-state index is 13.1. The minimum absolute atomic E-state index is 0.00467. The number of benzene rings is 2.